The number of nitriles is 1. The molecule has 1 atom stereocenters. The fourth-order valence-corrected chi connectivity index (χ4v) is 3.43. The fourth-order valence-electron chi connectivity index (χ4n) is 3.43. The van der Waals surface area contributed by atoms with Gasteiger partial charge < -0.3 is 10.5 Å². The fraction of sp³-hybridized carbons (Fsp3) is 0.471. The first-order valence-electron chi connectivity index (χ1n) is 8.39. The Morgan fingerprint density at radius 3 is 2.42 bits per heavy atom. The average molecular weight is 328 g/mol. The Bertz CT molecular complexity index is 838. The molecule has 2 aromatic rings. The molecular weight excluding hydrogens is 304 g/mol. The average Bonchev–Trinajstić information content (AvgIpc) is 2.98. The molecule has 1 aliphatic rings. The van der Waals surface area contributed by atoms with E-state index in [0.29, 0.717) is 28.5 Å². The summed E-state index contributed by atoms with van der Waals surface area (Å²) in [6.07, 6.45) is 1.73. The van der Waals surface area contributed by atoms with E-state index in [-0.39, 0.29) is 6.10 Å². The van der Waals surface area contributed by atoms with Crippen molar-refractivity contribution < 1.29 is 14.7 Å². The van der Waals surface area contributed by atoms with Gasteiger partial charge in [0.2, 0.25) is 11.6 Å². The van der Waals surface area contributed by atoms with E-state index in [2.05, 4.69) is 27.9 Å². The summed E-state index contributed by atoms with van der Waals surface area (Å²) >= 11 is 0. The smallest absolute Gasteiger partial charge is 0.287 e. The molecule has 0 fully saturated rings. The molecule has 0 amide bonds. The zero-order chi connectivity index (χ0) is 17.4. The van der Waals surface area contributed by atoms with Crippen molar-refractivity contribution in [3.8, 4) is 11.9 Å². The molecule has 0 unspecified atom stereocenters. The minimum Gasteiger partial charge on any atom is -0.458 e. The predicted molar refractivity (Wildman–Crippen MR) is 92.6 cm³/mol. The maximum absolute atomic E-state index is 9.86. The molecule has 0 radical (unpaired) electrons. The molecule has 0 saturated heterocycles. The Morgan fingerprint density at radius 2 is 1.83 bits per heavy atom. The molecule has 126 valence electrons. The number of hydrogen-bond acceptors (Lipinski definition) is 5. The van der Waals surface area contributed by atoms with Gasteiger partial charge in [-0.25, -0.2) is 9.97 Å². The van der Waals surface area contributed by atoms with E-state index in [1.54, 1.807) is 0 Å². The number of hydrogen-bond donors (Lipinski definition) is 2. The van der Waals surface area contributed by atoms with E-state index in [0.717, 1.165) is 42.7 Å². The van der Waals surface area contributed by atoms with Crippen LogP contribution in [0.3, 0.4) is 0 Å². The van der Waals surface area contributed by atoms with Gasteiger partial charge >= 0.3 is 0 Å². The van der Waals surface area contributed by atoms with Crippen molar-refractivity contribution in [3.05, 3.63) is 11.1 Å². The van der Waals surface area contributed by atoms with E-state index < -0.39 is 0 Å². The summed E-state index contributed by atoms with van der Waals surface area (Å²) in [7, 11) is 0. The molecule has 7 heteroatoms. The van der Waals surface area contributed by atoms with Crippen LogP contribution in [-0.4, -0.2) is 19.2 Å². The van der Waals surface area contributed by atoms with Crippen LogP contribution in [0.25, 0.3) is 10.8 Å². The molecule has 2 aromatic heterocycles. The molecule has 7 nitrogen and oxygen atoms in total. The lowest BCUT2D eigenvalue weighted by Crippen LogP contribution is -2.32. The van der Waals surface area contributed by atoms with Crippen molar-refractivity contribution in [2.24, 2.45) is 0 Å². The molecule has 0 bridgehead atoms. The van der Waals surface area contributed by atoms with E-state index in [9.17, 15) is 5.26 Å². The number of nitrogens with two attached hydrogens (primary N) is 2. The number of fused-ring (bicyclic) bond motifs is 3. The number of nitrogens with one attached hydrogen (secondary N) is 2. The Balaban J connectivity index is 2.40. The normalized spacial score (nSPS) is 15.8. The van der Waals surface area contributed by atoms with E-state index in [1.165, 1.54) is 0 Å². The van der Waals surface area contributed by atoms with Crippen LogP contribution < -0.4 is 31.1 Å². The number of anilines is 3. The number of H-pyrrole nitrogens is 2. The predicted octanol–water partition coefficient (Wildman–Crippen LogP) is 1.06. The number of nitrogens with zero attached hydrogens (tertiary/aromatic N) is 2. The second-order valence-electron chi connectivity index (χ2n) is 5.99. The lowest BCUT2D eigenvalue weighted by molar-refractivity contribution is -0.376. The Labute approximate surface area is 141 Å². The van der Waals surface area contributed by atoms with Crippen LogP contribution in [0.2, 0.25) is 0 Å². The molecule has 24 heavy (non-hydrogen) atoms. The van der Waals surface area contributed by atoms with Gasteiger partial charge in [-0.3, -0.25) is 10.6 Å². The molecule has 3 heterocycles. The first-order chi connectivity index (χ1) is 11.5. The summed E-state index contributed by atoms with van der Waals surface area (Å²) in [5.41, 5.74) is 14.0. The van der Waals surface area contributed by atoms with Crippen molar-refractivity contribution in [1.82, 2.24) is 0 Å². The molecule has 1 aliphatic heterocycles. The summed E-state index contributed by atoms with van der Waals surface area (Å²) in [6, 6.07) is 2.35. The standard InChI is InChI=1S/C17H22N6O/c1-4-9-7-10-12-11(8-18)16(23(5-2)6-3)21-14(19)13(12)15(20)22-17(10)24-9/h9H,4-7H2,1-3H3,(H2,19,21)(H2,20,22)/p+2/t9-/m1/s1. The highest BCUT2D eigenvalue weighted by molar-refractivity contribution is 6.03. The van der Waals surface area contributed by atoms with Crippen molar-refractivity contribution in [1.29, 1.82) is 5.26 Å². The van der Waals surface area contributed by atoms with Crippen LogP contribution >= 0.6 is 0 Å². The van der Waals surface area contributed by atoms with Crippen LogP contribution in [0.15, 0.2) is 0 Å². The Hall–Kier alpha value is -2.75. The highest BCUT2D eigenvalue weighted by Gasteiger charge is 2.34. The van der Waals surface area contributed by atoms with Gasteiger partial charge in [0.25, 0.3) is 11.7 Å². The minimum atomic E-state index is 0.0927. The molecule has 0 aliphatic carbocycles. The third-order valence-corrected chi connectivity index (χ3v) is 4.72. The topological polar surface area (TPSA) is 117 Å². The monoisotopic (exact) mass is 328 g/mol. The Kier molecular flexibility index (Phi) is 4.06. The van der Waals surface area contributed by atoms with Gasteiger partial charge in [-0.15, -0.1) is 0 Å². The van der Waals surface area contributed by atoms with Crippen molar-refractivity contribution >= 4 is 28.2 Å². The van der Waals surface area contributed by atoms with E-state index in [1.807, 2.05) is 13.8 Å². The van der Waals surface area contributed by atoms with Gasteiger partial charge in [0.15, 0.2) is 0 Å². The van der Waals surface area contributed by atoms with Gasteiger partial charge in [-0.05, 0) is 20.3 Å². The van der Waals surface area contributed by atoms with Gasteiger partial charge in [-0.2, -0.15) is 5.26 Å². The van der Waals surface area contributed by atoms with E-state index >= 15 is 0 Å². The molecule has 3 rings (SSSR count). The van der Waals surface area contributed by atoms with Gasteiger partial charge in [-0.1, -0.05) is 6.92 Å². The SMILES string of the molecule is CC[C@@H]1Cc2c([nH+]c(N)c3c(N)[nH+]c(N(CC)CC)c(C#N)c23)O1. The third-order valence-electron chi connectivity index (χ3n) is 4.72. The van der Waals surface area contributed by atoms with Crippen LogP contribution in [0.4, 0.5) is 17.5 Å². The number of pyridine rings is 2. The van der Waals surface area contributed by atoms with Crippen LogP contribution in [-0.2, 0) is 6.42 Å². The first kappa shape index (κ1) is 16.1. The number of nitrogen functional groups attached to an aromatic ring is 2. The van der Waals surface area contributed by atoms with Crippen molar-refractivity contribution in [3.63, 3.8) is 0 Å². The Morgan fingerprint density at radius 1 is 1.17 bits per heavy atom. The molecule has 0 spiro atoms. The second-order valence-corrected chi connectivity index (χ2v) is 5.99. The maximum atomic E-state index is 9.86. The van der Waals surface area contributed by atoms with Crippen LogP contribution in [0.5, 0.6) is 5.88 Å². The molecule has 6 N–H and O–H groups in total. The van der Waals surface area contributed by atoms with Crippen LogP contribution in [0, 0.1) is 11.3 Å². The van der Waals surface area contributed by atoms with Gasteiger partial charge in [0, 0.05) is 11.8 Å². The zero-order valence-corrected chi connectivity index (χ0v) is 14.4. The lowest BCUT2D eigenvalue weighted by Gasteiger charge is -2.18. The van der Waals surface area contributed by atoms with E-state index in [4.69, 9.17) is 16.2 Å². The maximum Gasteiger partial charge on any atom is 0.287 e. The van der Waals surface area contributed by atoms with Crippen molar-refractivity contribution in [2.45, 2.75) is 39.7 Å². The summed E-state index contributed by atoms with van der Waals surface area (Å²) in [5.74, 6) is 2.26. The van der Waals surface area contributed by atoms with Gasteiger partial charge in [0.05, 0.1) is 18.7 Å². The highest BCUT2D eigenvalue weighted by Crippen LogP contribution is 2.39. The third kappa shape index (κ3) is 2.26. The molecular formula is C17H24N6O+2. The zero-order valence-electron chi connectivity index (χ0n) is 14.4. The summed E-state index contributed by atoms with van der Waals surface area (Å²) in [4.78, 5) is 8.35. The minimum absolute atomic E-state index is 0.0927. The summed E-state index contributed by atoms with van der Waals surface area (Å²) < 4.78 is 5.93. The summed E-state index contributed by atoms with van der Waals surface area (Å²) in [6.45, 7) is 7.73. The summed E-state index contributed by atoms with van der Waals surface area (Å²) in [5, 5.41) is 11.3. The number of rotatable bonds is 4. The van der Waals surface area contributed by atoms with Crippen molar-refractivity contribution in [2.75, 3.05) is 29.5 Å². The highest BCUT2D eigenvalue weighted by atomic mass is 16.5. The number of aromatic amines is 2. The molecule has 0 aromatic carbocycles. The quantitative estimate of drug-likeness (QED) is 0.870. The van der Waals surface area contributed by atoms with Crippen LogP contribution in [0.1, 0.15) is 38.3 Å². The lowest BCUT2D eigenvalue weighted by atomic mass is 9.98. The number of aromatic nitrogens is 2. The first-order valence-corrected chi connectivity index (χ1v) is 8.39. The van der Waals surface area contributed by atoms with Gasteiger partial charge in [0.1, 0.15) is 23.1 Å². The largest absolute Gasteiger partial charge is 0.458 e. The second kappa shape index (κ2) is 6.04. The molecule has 0 saturated carbocycles. The number of ether oxygens (including phenoxy) is 1.